The first-order chi connectivity index (χ1) is 17.4. The molecule has 0 N–H and O–H groups in total. The van der Waals surface area contributed by atoms with Gasteiger partial charge in [0.15, 0.2) is 0 Å². The van der Waals surface area contributed by atoms with Gasteiger partial charge >= 0.3 is 0 Å². The summed E-state index contributed by atoms with van der Waals surface area (Å²) in [4.78, 5) is 0. The highest BCUT2D eigenvalue weighted by atomic mass is 16.5. The number of ether oxygens (including phenoxy) is 2. The maximum atomic E-state index is 6.50. The Balaban J connectivity index is 1.52. The maximum Gasteiger partial charge on any atom is 0.266 e. The molecule has 3 aliphatic heterocycles. The zero-order chi connectivity index (χ0) is 22.4. The van der Waals surface area contributed by atoms with Gasteiger partial charge in [-0.15, -0.1) is 0 Å². The van der Waals surface area contributed by atoms with E-state index in [1.165, 1.54) is 32.7 Å². The van der Waals surface area contributed by atoms with Gasteiger partial charge in [-0.1, -0.05) is 30.3 Å². The minimum atomic E-state index is 0.0852. The molecule has 0 radical (unpaired) electrons. The topological polar surface area (TPSA) is 36.5 Å². The molecule has 10 rings (SSSR count). The number of hydrogen-bond donors (Lipinski definition) is 0. The van der Waals surface area contributed by atoms with Crippen molar-refractivity contribution >= 4 is 66.8 Å². The molecule has 0 unspecified atom stereocenters. The third kappa shape index (κ3) is 1.74. The summed E-state index contributed by atoms with van der Waals surface area (Å²) >= 11 is 0. The summed E-state index contributed by atoms with van der Waals surface area (Å²) in [5.41, 5.74) is 8.92. The van der Waals surface area contributed by atoms with Gasteiger partial charge in [-0.05, 0) is 65.5 Å². The second-order valence-corrected chi connectivity index (χ2v) is 9.64. The summed E-state index contributed by atoms with van der Waals surface area (Å²) in [6, 6.07) is 29.5. The van der Waals surface area contributed by atoms with Crippen molar-refractivity contribution in [3.05, 3.63) is 84.9 Å². The van der Waals surface area contributed by atoms with Crippen LogP contribution in [0, 0.1) is 0 Å². The van der Waals surface area contributed by atoms with Gasteiger partial charge in [-0.25, -0.2) is 0 Å². The van der Waals surface area contributed by atoms with Crippen LogP contribution in [0.25, 0.3) is 49.4 Å². The molecular formula is C30H14BNO3. The van der Waals surface area contributed by atoms with Gasteiger partial charge < -0.3 is 18.5 Å². The smallest absolute Gasteiger partial charge is 0.266 e. The Morgan fingerprint density at radius 1 is 0.514 bits per heavy atom. The first-order valence-corrected chi connectivity index (χ1v) is 11.9. The predicted octanol–water partition coefficient (Wildman–Crippen LogP) is 5.72. The van der Waals surface area contributed by atoms with Gasteiger partial charge in [0, 0.05) is 27.3 Å². The number of hydrogen-bond acceptors (Lipinski definition) is 3. The molecular weight excluding hydrogens is 433 g/mol. The molecule has 0 bridgehead atoms. The first-order valence-electron chi connectivity index (χ1n) is 11.9. The van der Waals surface area contributed by atoms with Crippen LogP contribution in [-0.2, 0) is 0 Å². The third-order valence-corrected chi connectivity index (χ3v) is 8.05. The normalized spacial score (nSPS) is 14.1. The number of rotatable bonds is 0. The largest absolute Gasteiger partial charge is 0.458 e. The molecule has 0 saturated heterocycles. The predicted molar refractivity (Wildman–Crippen MR) is 139 cm³/mol. The van der Waals surface area contributed by atoms with E-state index in [2.05, 4.69) is 59.2 Å². The van der Waals surface area contributed by atoms with E-state index in [0.717, 1.165) is 56.1 Å². The van der Waals surface area contributed by atoms with E-state index >= 15 is 0 Å². The van der Waals surface area contributed by atoms with Gasteiger partial charge in [-0.2, -0.15) is 0 Å². The number of para-hydroxylation sites is 1. The van der Waals surface area contributed by atoms with Crippen molar-refractivity contribution in [3.8, 4) is 28.7 Å². The van der Waals surface area contributed by atoms with Crippen LogP contribution < -0.4 is 25.9 Å². The van der Waals surface area contributed by atoms with E-state index in [-0.39, 0.29) is 6.71 Å². The molecule has 4 nitrogen and oxygen atoms in total. The average Bonchev–Trinajstić information content (AvgIpc) is 3.44. The van der Waals surface area contributed by atoms with Crippen molar-refractivity contribution in [2.45, 2.75) is 0 Å². The van der Waals surface area contributed by atoms with E-state index in [0.29, 0.717) is 0 Å². The van der Waals surface area contributed by atoms with Gasteiger partial charge in [-0.3, -0.25) is 0 Å². The Hall–Kier alpha value is -4.64. The first kappa shape index (κ1) is 16.9. The lowest BCUT2D eigenvalue weighted by atomic mass is 9.33. The van der Waals surface area contributed by atoms with Crippen molar-refractivity contribution < 1.29 is 13.9 Å². The number of furan rings is 1. The Morgan fingerprint density at radius 3 is 2.11 bits per heavy atom. The molecule has 0 saturated carbocycles. The monoisotopic (exact) mass is 447 g/mol. The van der Waals surface area contributed by atoms with Gasteiger partial charge in [0.25, 0.3) is 6.71 Å². The van der Waals surface area contributed by atoms with Crippen LogP contribution in [0.5, 0.6) is 23.0 Å². The van der Waals surface area contributed by atoms with Gasteiger partial charge in [0.05, 0.1) is 16.4 Å². The fourth-order valence-electron chi connectivity index (χ4n) is 6.78. The van der Waals surface area contributed by atoms with Crippen LogP contribution >= 0.6 is 0 Å². The van der Waals surface area contributed by atoms with Crippen LogP contribution in [-0.4, -0.2) is 11.3 Å². The van der Waals surface area contributed by atoms with Crippen molar-refractivity contribution in [1.82, 2.24) is 4.57 Å². The molecule has 160 valence electrons. The van der Waals surface area contributed by atoms with Crippen LogP contribution in [0.2, 0.25) is 0 Å². The molecule has 0 amide bonds. The Kier molecular flexibility index (Phi) is 2.59. The van der Waals surface area contributed by atoms with E-state index in [4.69, 9.17) is 13.9 Å². The van der Waals surface area contributed by atoms with Crippen LogP contribution in [0.15, 0.2) is 89.3 Å². The molecule has 3 aliphatic rings. The standard InChI is InChI=1S/C30H14BNO3/c1-2-7-19-17(5-1)25-20(33-19)13-11-15-16-12-14-24-28-30(16)32(29(15)25)18-6-3-8-21-26(18)31(28)27-22(34-21)9-4-10-23(27)35-24/h1-14H. The molecule has 5 heterocycles. The third-order valence-electron chi connectivity index (χ3n) is 8.05. The number of benzene rings is 5. The van der Waals surface area contributed by atoms with Crippen molar-refractivity contribution in [1.29, 1.82) is 0 Å². The van der Waals surface area contributed by atoms with Crippen LogP contribution in [0.1, 0.15) is 0 Å². The van der Waals surface area contributed by atoms with Crippen molar-refractivity contribution in [2.24, 2.45) is 0 Å². The summed E-state index contributed by atoms with van der Waals surface area (Å²) in [7, 11) is 0. The molecule has 2 aromatic heterocycles. The van der Waals surface area contributed by atoms with Crippen LogP contribution in [0.4, 0.5) is 0 Å². The fourth-order valence-corrected chi connectivity index (χ4v) is 6.78. The quantitative estimate of drug-likeness (QED) is 0.279. The van der Waals surface area contributed by atoms with Gasteiger partial charge in [0.2, 0.25) is 0 Å². The summed E-state index contributed by atoms with van der Waals surface area (Å²) in [6.07, 6.45) is 0. The zero-order valence-corrected chi connectivity index (χ0v) is 18.3. The highest BCUT2D eigenvalue weighted by molar-refractivity contribution is 7.00. The number of nitrogens with zero attached hydrogens (tertiary/aromatic N) is 1. The fraction of sp³-hybridized carbons (Fsp3) is 0. The number of aromatic nitrogens is 1. The molecule has 35 heavy (non-hydrogen) atoms. The van der Waals surface area contributed by atoms with E-state index in [1.807, 2.05) is 30.3 Å². The van der Waals surface area contributed by atoms with E-state index in [9.17, 15) is 0 Å². The Labute approximate surface area is 199 Å². The zero-order valence-electron chi connectivity index (χ0n) is 18.3. The maximum absolute atomic E-state index is 6.50. The molecule has 7 aromatic rings. The summed E-state index contributed by atoms with van der Waals surface area (Å²) in [5.74, 6) is 3.60. The molecule has 0 fully saturated rings. The molecule has 0 aliphatic carbocycles. The number of fused-ring (bicyclic) bond motifs is 8. The van der Waals surface area contributed by atoms with E-state index in [1.54, 1.807) is 0 Å². The summed E-state index contributed by atoms with van der Waals surface area (Å²) in [5, 5.41) is 4.73. The molecule has 0 atom stereocenters. The van der Waals surface area contributed by atoms with E-state index < -0.39 is 0 Å². The lowest BCUT2D eigenvalue weighted by Gasteiger charge is -2.37. The molecule has 5 heteroatoms. The minimum Gasteiger partial charge on any atom is -0.458 e. The molecule has 0 spiro atoms. The lowest BCUT2D eigenvalue weighted by molar-refractivity contribution is 0.464. The highest BCUT2D eigenvalue weighted by Gasteiger charge is 2.46. The summed E-state index contributed by atoms with van der Waals surface area (Å²) < 4.78 is 21.7. The minimum absolute atomic E-state index is 0.0852. The lowest BCUT2D eigenvalue weighted by Crippen LogP contribution is -2.60. The van der Waals surface area contributed by atoms with Gasteiger partial charge in [0.1, 0.15) is 34.2 Å². The highest BCUT2D eigenvalue weighted by Crippen LogP contribution is 2.45. The van der Waals surface area contributed by atoms with Crippen molar-refractivity contribution in [3.63, 3.8) is 0 Å². The summed E-state index contributed by atoms with van der Waals surface area (Å²) in [6.45, 7) is 0.0852. The second kappa shape index (κ2) is 5.36. The average molecular weight is 447 g/mol. The molecule has 5 aromatic carbocycles. The second-order valence-electron chi connectivity index (χ2n) is 9.64. The van der Waals surface area contributed by atoms with Crippen molar-refractivity contribution in [2.75, 3.05) is 0 Å². The Bertz CT molecular complexity index is 2120. The van der Waals surface area contributed by atoms with Crippen LogP contribution in [0.3, 0.4) is 0 Å². The SMILES string of the molecule is c1cc2c3c(c1)Oc1ccc4c5ccc6oc7ccccc7c6c5n5c4c1B3c1c(cccc1-5)O2. The Morgan fingerprint density at radius 2 is 1.23 bits per heavy atom.